The van der Waals surface area contributed by atoms with Crippen molar-refractivity contribution in [3.05, 3.63) is 281 Å². The van der Waals surface area contributed by atoms with Crippen molar-refractivity contribution in [2.45, 2.75) is 10.8 Å². The summed E-state index contributed by atoms with van der Waals surface area (Å²) < 4.78 is 2.38. The molecule has 14 rings (SSSR count). The van der Waals surface area contributed by atoms with Crippen molar-refractivity contribution in [2.75, 3.05) is 0 Å². The lowest BCUT2D eigenvalue weighted by Gasteiger charge is -2.48. The largest absolute Gasteiger partial charge is 0.309 e. The molecule has 1 nitrogen and oxygen atoms in total. The summed E-state index contributed by atoms with van der Waals surface area (Å²) >= 11 is 0. The molecule has 0 unspecified atom stereocenters. The summed E-state index contributed by atoms with van der Waals surface area (Å²) in [6.07, 6.45) is 0. The van der Waals surface area contributed by atoms with Crippen LogP contribution in [0.1, 0.15) is 44.5 Å². The van der Waals surface area contributed by atoms with E-state index in [1.165, 1.54) is 117 Å². The normalized spacial score (nSPS) is 14.3. The summed E-state index contributed by atoms with van der Waals surface area (Å²) in [6, 6.07) is 88.9. The first-order chi connectivity index (χ1) is 31.3. The second-order valence-electron chi connectivity index (χ2n) is 17.5. The second kappa shape index (κ2) is 12.8. The Labute approximate surface area is 366 Å². The Morgan fingerprint density at radius 2 is 0.683 bits per heavy atom. The monoisotopic (exact) mass is 797 g/mol. The van der Waals surface area contributed by atoms with Crippen molar-refractivity contribution < 1.29 is 0 Å². The molecule has 0 bridgehead atoms. The molecule has 63 heavy (non-hydrogen) atoms. The van der Waals surface area contributed by atoms with Crippen LogP contribution in [-0.2, 0) is 10.8 Å². The lowest BCUT2D eigenvalue weighted by atomic mass is 9.52. The van der Waals surface area contributed by atoms with Crippen molar-refractivity contribution in [1.29, 1.82) is 0 Å². The van der Waals surface area contributed by atoms with E-state index in [1.54, 1.807) is 0 Å². The van der Waals surface area contributed by atoms with Gasteiger partial charge in [-0.3, -0.25) is 0 Å². The molecule has 10 aromatic carbocycles. The molecule has 0 amide bonds. The number of nitrogens with zero attached hydrogens (tertiary/aromatic N) is 1. The molecule has 1 heterocycles. The molecule has 0 saturated heterocycles. The molecule has 292 valence electrons. The fraction of sp³-hybridized carbons (Fsp3) is 0.0323. The van der Waals surface area contributed by atoms with Crippen LogP contribution in [0.2, 0.25) is 0 Å². The van der Waals surface area contributed by atoms with Crippen LogP contribution in [0.3, 0.4) is 0 Å². The quantitative estimate of drug-likeness (QED) is 0.168. The molecule has 2 spiro atoms. The van der Waals surface area contributed by atoms with Gasteiger partial charge in [-0.05, 0) is 119 Å². The average molecular weight is 798 g/mol. The minimum atomic E-state index is -0.513. The van der Waals surface area contributed by atoms with E-state index in [1.807, 2.05) is 0 Å². The fourth-order valence-electron chi connectivity index (χ4n) is 12.4. The standard InChI is InChI=1S/C62H39N/c1-2-17-43(18-3-1)63-58-32-15-7-21-47(58)49-39-42(37-38-59(49)63)40-33-35-41(36-34-40)44-23-16-31-57-60(44)48-22-6-10-26-52(48)62(57)55-29-13-11-27-53(55)61(54-28-12-14-30-56(54)62)50-24-8-4-19-45(50)46-20-5-9-25-51(46)61/h1-39H. The van der Waals surface area contributed by atoms with Gasteiger partial charge in [-0.2, -0.15) is 0 Å². The van der Waals surface area contributed by atoms with Crippen molar-refractivity contribution >= 4 is 21.8 Å². The first kappa shape index (κ1) is 34.7. The summed E-state index contributed by atoms with van der Waals surface area (Å²) in [5.41, 5.74) is 23.7. The second-order valence-corrected chi connectivity index (χ2v) is 17.5. The number of fused-ring (bicyclic) bond motifs is 19. The smallest absolute Gasteiger partial charge is 0.0720 e. The average Bonchev–Trinajstić information content (AvgIpc) is 3.96. The van der Waals surface area contributed by atoms with E-state index in [9.17, 15) is 0 Å². The highest BCUT2D eigenvalue weighted by molar-refractivity contribution is 6.10. The van der Waals surface area contributed by atoms with Crippen LogP contribution >= 0.6 is 0 Å². The molecule has 11 aromatic rings. The van der Waals surface area contributed by atoms with Gasteiger partial charge in [-0.1, -0.05) is 206 Å². The summed E-state index contributed by atoms with van der Waals surface area (Å²) in [5.74, 6) is 0. The first-order valence-electron chi connectivity index (χ1n) is 22.1. The summed E-state index contributed by atoms with van der Waals surface area (Å²) in [7, 11) is 0. The van der Waals surface area contributed by atoms with Crippen LogP contribution in [0.4, 0.5) is 0 Å². The van der Waals surface area contributed by atoms with E-state index >= 15 is 0 Å². The van der Waals surface area contributed by atoms with E-state index in [0.717, 1.165) is 0 Å². The van der Waals surface area contributed by atoms with E-state index in [2.05, 4.69) is 241 Å². The molecule has 1 heteroatoms. The van der Waals surface area contributed by atoms with Gasteiger partial charge in [-0.25, -0.2) is 0 Å². The van der Waals surface area contributed by atoms with Gasteiger partial charge >= 0.3 is 0 Å². The lowest BCUT2D eigenvalue weighted by molar-refractivity contribution is 0.633. The Balaban J connectivity index is 0.959. The Morgan fingerprint density at radius 3 is 1.32 bits per heavy atom. The van der Waals surface area contributed by atoms with Crippen LogP contribution in [0.5, 0.6) is 0 Å². The highest BCUT2D eigenvalue weighted by Crippen LogP contribution is 2.68. The molecule has 0 radical (unpaired) electrons. The number of para-hydroxylation sites is 2. The minimum Gasteiger partial charge on any atom is -0.309 e. The topological polar surface area (TPSA) is 4.93 Å². The number of hydrogen-bond acceptors (Lipinski definition) is 0. The van der Waals surface area contributed by atoms with Gasteiger partial charge in [0.25, 0.3) is 0 Å². The number of hydrogen-bond donors (Lipinski definition) is 0. The van der Waals surface area contributed by atoms with E-state index in [-0.39, 0.29) is 0 Å². The van der Waals surface area contributed by atoms with Gasteiger partial charge in [0.2, 0.25) is 0 Å². The van der Waals surface area contributed by atoms with E-state index < -0.39 is 10.8 Å². The molecule has 3 aliphatic carbocycles. The third kappa shape index (κ3) is 4.36. The molecule has 0 saturated carbocycles. The van der Waals surface area contributed by atoms with Gasteiger partial charge < -0.3 is 4.57 Å². The van der Waals surface area contributed by atoms with Crippen molar-refractivity contribution in [1.82, 2.24) is 4.57 Å². The first-order valence-corrected chi connectivity index (χ1v) is 22.1. The molecular formula is C62H39N. The zero-order valence-electron chi connectivity index (χ0n) is 34.5. The predicted octanol–water partition coefficient (Wildman–Crippen LogP) is 15.2. The molecule has 3 aliphatic rings. The number of rotatable bonds is 3. The minimum absolute atomic E-state index is 0.448. The Bertz CT molecular complexity index is 3580. The highest BCUT2D eigenvalue weighted by Gasteiger charge is 2.59. The predicted molar refractivity (Wildman–Crippen MR) is 260 cm³/mol. The van der Waals surface area contributed by atoms with Crippen LogP contribution in [0, 0.1) is 0 Å². The lowest BCUT2D eigenvalue weighted by Crippen LogP contribution is -2.43. The van der Waals surface area contributed by atoms with Gasteiger partial charge in [-0.15, -0.1) is 0 Å². The zero-order chi connectivity index (χ0) is 41.3. The number of aromatic nitrogens is 1. The van der Waals surface area contributed by atoms with Crippen LogP contribution < -0.4 is 0 Å². The highest BCUT2D eigenvalue weighted by atomic mass is 15.0. The van der Waals surface area contributed by atoms with Gasteiger partial charge in [0.15, 0.2) is 0 Å². The van der Waals surface area contributed by atoms with E-state index in [0.29, 0.717) is 0 Å². The summed E-state index contributed by atoms with van der Waals surface area (Å²) in [5, 5.41) is 2.53. The molecule has 1 aromatic heterocycles. The van der Waals surface area contributed by atoms with Crippen molar-refractivity contribution in [2.24, 2.45) is 0 Å². The van der Waals surface area contributed by atoms with Gasteiger partial charge in [0.1, 0.15) is 0 Å². The summed E-state index contributed by atoms with van der Waals surface area (Å²) in [4.78, 5) is 0. The summed E-state index contributed by atoms with van der Waals surface area (Å²) in [6.45, 7) is 0. The fourth-order valence-corrected chi connectivity index (χ4v) is 12.4. The van der Waals surface area contributed by atoms with Gasteiger partial charge in [0.05, 0.1) is 21.9 Å². The van der Waals surface area contributed by atoms with Gasteiger partial charge in [0, 0.05) is 16.5 Å². The van der Waals surface area contributed by atoms with Crippen molar-refractivity contribution in [3.8, 4) is 50.2 Å². The Kier molecular flexibility index (Phi) is 7.03. The maximum atomic E-state index is 2.43. The Hall–Kier alpha value is -8.00. The molecule has 0 fully saturated rings. The molecular weight excluding hydrogens is 759 g/mol. The van der Waals surface area contributed by atoms with Crippen LogP contribution in [0.15, 0.2) is 237 Å². The number of benzene rings is 10. The maximum absolute atomic E-state index is 2.43. The zero-order valence-corrected chi connectivity index (χ0v) is 34.5. The molecule has 0 N–H and O–H groups in total. The Morgan fingerprint density at radius 1 is 0.254 bits per heavy atom. The van der Waals surface area contributed by atoms with Crippen LogP contribution in [-0.4, -0.2) is 4.57 Å². The third-order valence-corrected chi connectivity index (χ3v) is 14.7. The molecule has 0 atom stereocenters. The van der Waals surface area contributed by atoms with Crippen LogP contribution in [0.25, 0.3) is 72.0 Å². The maximum Gasteiger partial charge on any atom is 0.0720 e. The third-order valence-electron chi connectivity index (χ3n) is 14.7. The van der Waals surface area contributed by atoms with E-state index in [4.69, 9.17) is 0 Å². The molecule has 0 aliphatic heterocycles. The SMILES string of the molecule is c1ccc(-n2c3ccccc3c3cc(-c4ccc(-c5cccc6c5-c5ccccc5C65c6ccccc6C6(c7ccccc7-c7ccccc76)c6ccccc65)cc4)ccc32)cc1. The van der Waals surface area contributed by atoms with Crippen molar-refractivity contribution in [3.63, 3.8) is 0 Å².